The smallest absolute Gasteiger partial charge is 0.261 e. The number of rotatable bonds is 7. The molecular formula is C27H38O3Si. The van der Waals surface area contributed by atoms with Crippen molar-refractivity contribution in [1.29, 1.82) is 0 Å². The number of aliphatic hydroxyl groups excluding tert-OH is 1. The van der Waals surface area contributed by atoms with Crippen LogP contribution in [0, 0.1) is 11.8 Å². The van der Waals surface area contributed by atoms with Crippen LogP contribution in [0.2, 0.25) is 5.04 Å². The molecule has 2 fully saturated rings. The second-order valence-electron chi connectivity index (χ2n) is 10.4. The van der Waals surface area contributed by atoms with Crippen molar-refractivity contribution in [3.05, 3.63) is 60.7 Å². The van der Waals surface area contributed by atoms with Crippen LogP contribution < -0.4 is 10.4 Å². The Morgan fingerprint density at radius 1 is 1.00 bits per heavy atom. The van der Waals surface area contributed by atoms with E-state index in [2.05, 4.69) is 88.4 Å². The van der Waals surface area contributed by atoms with Crippen LogP contribution >= 0.6 is 0 Å². The van der Waals surface area contributed by atoms with Gasteiger partial charge in [0.05, 0.1) is 18.3 Å². The first-order chi connectivity index (χ1) is 14.9. The van der Waals surface area contributed by atoms with Gasteiger partial charge in [-0.3, -0.25) is 0 Å². The monoisotopic (exact) mass is 438 g/mol. The molecule has 2 aliphatic rings. The maximum Gasteiger partial charge on any atom is 0.261 e. The van der Waals surface area contributed by atoms with Gasteiger partial charge in [-0.15, -0.1) is 0 Å². The van der Waals surface area contributed by atoms with Crippen molar-refractivity contribution in [3.8, 4) is 0 Å². The maximum atomic E-state index is 9.78. The van der Waals surface area contributed by atoms with Crippen LogP contribution in [0.1, 0.15) is 53.4 Å². The van der Waals surface area contributed by atoms with Gasteiger partial charge in [0.15, 0.2) is 0 Å². The zero-order valence-electron chi connectivity index (χ0n) is 19.5. The molecule has 1 heterocycles. The average Bonchev–Trinajstić information content (AvgIpc) is 3.36. The molecule has 1 saturated carbocycles. The predicted octanol–water partition coefficient (Wildman–Crippen LogP) is 4.52. The fourth-order valence-electron chi connectivity index (χ4n) is 5.95. The molecule has 0 spiro atoms. The summed E-state index contributed by atoms with van der Waals surface area (Å²) in [4.78, 5) is 0. The summed E-state index contributed by atoms with van der Waals surface area (Å²) in [6, 6.07) is 21.7. The number of aliphatic hydroxyl groups is 1. The number of hydrogen-bond donors (Lipinski definition) is 1. The fourth-order valence-corrected chi connectivity index (χ4v) is 10.7. The second kappa shape index (κ2) is 9.19. The molecule has 2 aromatic rings. The lowest BCUT2D eigenvalue weighted by Crippen LogP contribution is -2.68. The first-order valence-electron chi connectivity index (χ1n) is 12.0. The van der Waals surface area contributed by atoms with Crippen molar-refractivity contribution in [1.82, 2.24) is 0 Å². The summed E-state index contributed by atoms with van der Waals surface area (Å²) in [6.45, 7) is 9.46. The van der Waals surface area contributed by atoms with Crippen LogP contribution in [0.25, 0.3) is 0 Å². The molecule has 3 nitrogen and oxygen atoms in total. The van der Waals surface area contributed by atoms with Crippen LogP contribution in [-0.2, 0) is 9.16 Å². The van der Waals surface area contributed by atoms with Crippen LogP contribution in [0.3, 0.4) is 0 Å². The standard InChI is InChI=1S/C27H38O3Si/c1-5-24(25-18-20-16-17-21(19-28)26(20)29-25)30-31(27(2,3)4,22-12-8-6-9-13-22)23-14-10-7-11-15-23/h6-15,20-21,24-26,28H,5,16-19H2,1-4H3/t20-,21-,24-,25+,26+/m0/s1. The van der Waals surface area contributed by atoms with Gasteiger partial charge in [-0.05, 0) is 47.0 Å². The molecule has 168 valence electrons. The molecule has 2 aromatic carbocycles. The Morgan fingerprint density at radius 2 is 1.58 bits per heavy atom. The predicted molar refractivity (Wildman–Crippen MR) is 129 cm³/mol. The van der Waals surface area contributed by atoms with Gasteiger partial charge >= 0.3 is 0 Å². The van der Waals surface area contributed by atoms with Gasteiger partial charge in [0, 0.05) is 12.5 Å². The summed E-state index contributed by atoms with van der Waals surface area (Å²) in [5, 5.41) is 12.4. The number of fused-ring (bicyclic) bond motifs is 1. The molecule has 0 radical (unpaired) electrons. The van der Waals surface area contributed by atoms with E-state index in [0.717, 1.165) is 19.3 Å². The molecule has 0 amide bonds. The highest BCUT2D eigenvalue weighted by Crippen LogP contribution is 2.45. The lowest BCUT2D eigenvalue weighted by Gasteiger charge is -2.46. The van der Waals surface area contributed by atoms with E-state index in [9.17, 15) is 5.11 Å². The summed E-state index contributed by atoms with van der Waals surface area (Å²) in [5.74, 6) is 0.860. The van der Waals surface area contributed by atoms with Gasteiger partial charge in [-0.25, -0.2) is 0 Å². The van der Waals surface area contributed by atoms with Crippen LogP contribution in [0.4, 0.5) is 0 Å². The van der Waals surface area contributed by atoms with Gasteiger partial charge in [0.2, 0.25) is 0 Å². The third-order valence-electron chi connectivity index (χ3n) is 7.50. The van der Waals surface area contributed by atoms with Gasteiger partial charge in [0.25, 0.3) is 8.32 Å². The summed E-state index contributed by atoms with van der Waals surface area (Å²) < 4.78 is 14.0. The minimum absolute atomic E-state index is 0.0365. The van der Waals surface area contributed by atoms with Crippen molar-refractivity contribution < 1.29 is 14.3 Å². The van der Waals surface area contributed by atoms with Gasteiger partial charge in [-0.1, -0.05) is 88.4 Å². The van der Waals surface area contributed by atoms with Gasteiger partial charge in [0.1, 0.15) is 0 Å². The molecule has 0 unspecified atom stereocenters. The first-order valence-corrected chi connectivity index (χ1v) is 13.9. The highest BCUT2D eigenvalue weighted by Gasteiger charge is 2.54. The van der Waals surface area contributed by atoms with E-state index in [1.165, 1.54) is 16.8 Å². The van der Waals surface area contributed by atoms with E-state index in [1.54, 1.807) is 0 Å². The molecule has 1 N–H and O–H groups in total. The summed E-state index contributed by atoms with van der Waals surface area (Å²) in [5.41, 5.74) is 0. The number of benzene rings is 2. The van der Waals surface area contributed by atoms with Crippen LogP contribution in [0.15, 0.2) is 60.7 Å². The zero-order valence-corrected chi connectivity index (χ0v) is 20.5. The number of ether oxygens (including phenoxy) is 1. The third-order valence-corrected chi connectivity index (χ3v) is 12.6. The maximum absolute atomic E-state index is 9.78. The van der Waals surface area contributed by atoms with Crippen LogP contribution in [-0.4, -0.2) is 38.3 Å². The zero-order chi connectivity index (χ0) is 22.1. The summed E-state index contributed by atoms with van der Waals surface area (Å²) in [6.07, 6.45) is 4.60. The normalized spacial score (nSPS) is 27.3. The van der Waals surface area contributed by atoms with Crippen molar-refractivity contribution in [3.63, 3.8) is 0 Å². The minimum Gasteiger partial charge on any atom is -0.402 e. The van der Waals surface area contributed by atoms with Crippen molar-refractivity contribution in [2.75, 3.05) is 6.61 Å². The Bertz CT molecular complexity index is 793. The van der Waals surface area contributed by atoms with Crippen molar-refractivity contribution in [2.24, 2.45) is 11.8 Å². The summed E-state index contributed by atoms with van der Waals surface area (Å²) in [7, 11) is -2.59. The Hall–Kier alpha value is -1.46. The molecule has 5 atom stereocenters. The number of hydrogen-bond acceptors (Lipinski definition) is 3. The fraction of sp³-hybridized carbons (Fsp3) is 0.556. The second-order valence-corrected chi connectivity index (χ2v) is 14.6. The molecule has 31 heavy (non-hydrogen) atoms. The Labute approximate surface area is 188 Å². The Kier molecular flexibility index (Phi) is 6.73. The Balaban J connectivity index is 1.72. The van der Waals surface area contributed by atoms with E-state index in [-0.39, 0.29) is 30.0 Å². The molecule has 4 rings (SSSR count). The van der Waals surface area contributed by atoms with Crippen LogP contribution in [0.5, 0.6) is 0 Å². The SMILES string of the molecule is CC[C@H](O[Si](c1ccccc1)(c1ccccc1)C(C)(C)C)[C@H]1C[C@@H]2CC[C@@H](CO)[C@@H]2O1. The molecule has 1 saturated heterocycles. The molecule has 1 aliphatic heterocycles. The van der Waals surface area contributed by atoms with E-state index in [0.29, 0.717) is 11.8 Å². The van der Waals surface area contributed by atoms with Crippen molar-refractivity contribution in [2.45, 2.75) is 76.7 Å². The van der Waals surface area contributed by atoms with E-state index in [1.807, 2.05) is 0 Å². The van der Waals surface area contributed by atoms with E-state index >= 15 is 0 Å². The topological polar surface area (TPSA) is 38.7 Å². The summed E-state index contributed by atoms with van der Waals surface area (Å²) >= 11 is 0. The Morgan fingerprint density at radius 3 is 2.06 bits per heavy atom. The van der Waals surface area contributed by atoms with E-state index in [4.69, 9.17) is 9.16 Å². The lowest BCUT2D eigenvalue weighted by atomic mass is 9.97. The molecule has 4 heteroatoms. The minimum atomic E-state index is -2.59. The quantitative estimate of drug-likeness (QED) is 0.646. The van der Waals surface area contributed by atoms with Gasteiger partial charge in [-0.2, -0.15) is 0 Å². The van der Waals surface area contributed by atoms with Gasteiger partial charge < -0.3 is 14.3 Å². The molecule has 0 aromatic heterocycles. The third kappa shape index (κ3) is 4.16. The molecule has 1 aliphatic carbocycles. The van der Waals surface area contributed by atoms with E-state index < -0.39 is 8.32 Å². The molecular weight excluding hydrogens is 400 g/mol. The first kappa shape index (κ1) is 22.7. The van der Waals surface area contributed by atoms with Crippen molar-refractivity contribution >= 4 is 18.7 Å². The highest BCUT2D eigenvalue weighted by atomic mass is 28.4. The average molecular weight is 439 g/mol. The highest BCUT2D eigenvalue weighted by molar-refractivity contribution is 6.99. The molecule has 0 bridgehead atoms. The largest absolute Gasteiger partial charge is 0.402 e. The lowest BCUT2D eigenvalue weighted by molar-refractivity contribution is -0.0518.